The van der Waals surface area contributed by atoms with Gasteiger partial charge in [0.2, 0.25) is 0 Å². The van der Waals surface area contributed by atoms with Crippen molar-refractivity contribution in [3.63, 3.8) is 0 Å². The molecule has 0 saturated heterocycles. The van der Waals surface area contributed by atoms with E-state index in [1.54, 1.807) is 18.2 Å². The average Bonchev–Trinajstić information content (AvgIpc) is 2.36. The first kappa shape index (κ1) is 15.0. The molecule has 0 aliphatic carbocycles. The van der Waals surface area contributed by atoms with Crippen molar-refractivity contribution in [2.45, 2.75) is 6.04 Å². The summed E-state index contributed by atoms with van der Waals surface area (Å²) in [5.74, 6) is -1.47. The summed E-state index contributed by atoms with van der Waals surface area (Å²) in [6.07, 6.45) is 0. The number of benzene rings is 2. The van der Waals surface area contributed by atoms with Gasteiger partial charge in [0, 0.05) is 14.6 Å². The fourth-order valence-electron chi connectivity index (χ4n) is 1.75. The van der Waals surface area contributed by atoms with E-state index in [9.17, 15) is 14.3 Å². The predicted molar refractivity (Wildman–Crippen MR) is 82.2 cm³/mol. The Morgan fingerprint density at radius 1 is 1.20 bits per heavy atom. The van der Waals surface area contributed by atoms with Crippen molar-refractivity contribution in [3.05, 3.63) is 62.8 Å². The number of hydrogen-bond donors (Lipinski definition) is 2. The fraction of sp³-hybridized carbons (Fsp3) is 0.0714. The summed E-state index contributed by atoms with van der Waals surface area (Å²) in [7, 11) is 0. The molecule has 0 radical (unpaired) electrons. The number of carbonyl (C=O) groups is 1. The highest BCUT2D eigenvalue weighted by Crippen LogP contribution is 2.28. The lowest BCUT2D eigenvalue weighted by Crippen LogP contribution is -2.21. The van der Waals surface area contributed by atoms with Crippen LogP contribution in [0, 0.1) is 5.82 Å². The SMILES string of the molecule is O=C(O)C(Nc1cccc(Br)c1)c1ccc(F)cc1Br. The maximum atomic E-state index is 13.1. The minimum atomic E-state index is -1.04. The van der Waals surface area contributed by atoms with Gasteiger partial charge in [-0.05, 0) is 35.9 Å². The summed E-state index contributed by atoms with van der Waals surface area (Å²) in [6.45, 7) is 0. The predicted octanol–water partition coefficient (Wildman–Crippen LogP) is 4.59. The van der Waals surface area contributed by atoms with Crippen molar-refractivity contribution < 1.29 is 14.3 Å². The maximum absolute atomic E-state index is 13.1. The van der Waals surface area contributed by atoms with Gasteiger partial charge in [0.1, 0.15) is 5.82 Å². The molecule has 0 bridgehead atoms. The Morgan fingerprint density at radius 2 is 1.95 bits per heavy atom. The van der Waals surface area contributed by atoms with Gasteiger partial charge in [-0.2, -0.15) is 0 Å². The van der Waals surface area contributed by atoms with Crippen molar-refractivity contribution >= 4 is 43.5 Å². The van der Waals surface area contributed by atoms with E-state index in [0.29, 0.717) is 15.7 Å². The van der Waals surface area contributed by atoms with Crippen molar-refractivity contribution in [1.29, 1.82) is 0 Å². The molecule has 0 fully saturated rings. The number of carboxylic acids is 1. The molecule has 0 aromatic heterocycles. The first-order chi connectivity index (χ1) is 9.47. The summed E-state index contributed by atoms with van der Waals surface area (Å²) in [5.41, 5.74) is 1.11. The number of aliphatic carboxylic acids is 1. The van der Waals surface area contributed by atoms with E-state index >= 15 is 0 Å². The van der Waals surface area contributed by atoms with E-state index in [1.807, 2.05) is 6.07 Å². The average molecular weight is 403 g/mol. The Labute approximate surface area is 132 Å². The molecule has 3 nitrogen and oxygen atoms in total. The number of nitrogens with one attached hydrogen (secondary N) is 1. The van der Waals surface area contributed by atoms with Gasteiger partial charge in [-0.3, -0.25) is 0 Å². The van der Waals surface area contributed by atoms with Crippen LogP contribution in [0.15, 0.2) is 51.4 Å². The molecule has 0 spiro atoms. The Hall–Kier alpha value is -1.40. The molecule has 0 saturated carbocycles. The highest BCUT2D eigenvalue weighted by atomic mass is 79.9. The second-order valence-electron chi connectivity index (χ2n) is 4.09. The monoisotopic (exact) mass is 401 g/mol. The number of rotatable bonds is 4. The highest BCUT2D eigenvalue weighted by Gasteiger charge is 2.22. The standard InChI is InChI=1S/C14H10Br2FNO2/c15-8-2-1-3-10(6-8)18-13(14(19)20)11-5-4-9(17)7-12(11)16/h1-7,13,18H,(H,19,20). The van der Waals surface area contributed by atoms with Gasteiger partial charge in [-0.25, -0.2) is 9.18 Å². The Bertz CT molecular complexity index is 649. The third-order valence-electron chi connectivity index (χ3n) is 2.66. The van der Waals surface area contributed by atoms with Crippen LogP contribution in [0.2, 0.25) is 0 Å². The van der Waals surface area contributed by atoms with E-state index in [4.69, 9.17) is 0 Å². The van der Waals surface area contributed by atoms with Gasteiger partial charge in [0.25, 0.3) is 0 Å². The zero-order valence-electron chi connectivity index (χ0n) is 10.1. The highest BCUT2D eigenvalue weighted by molar-refractivity contribution is 9.10. The molecule has 1 unspecified atom stereocenters. The van der Waals surface area contributed by atoms with E-state index in [2.05, 4.69) is 37.2 Å². The molecule has 0 amide bonds. The van der Waals surface area contributed by atoms with Crippen molar-refractivity contribution in [2.75, 3.05) is 5.32 Å². The molecule has 2 N–H and O–H groups in total. The third kappa shape index (κ3) is 3.58. The van der Waals surface area contributed by atoms with Gasteiger partial charge in [-0.1, -0.05) is 44.0 Å². The van der Waals surface area contributed by atoms with Gasteiger partial charge < -0.3 is 10.4 Å². The Kier molecular flexibility index (Phi) is 4.77. The molecule has 20 heavy (non-hydrogen) atoms. The second-order valence-corrected chi connectivity index (χ2v) is 5.86. The zero-order valence-corrected chi connectivity index (χ0v) is 13.3. The van der Waals surface area contributed by atoms with E-state index in [-0.39, 0.29) is 0 Å². The number of hydrogen-bond acceptors (Lipinski definition) is 2. The van der Waals surface area contributed by atoms with Crippen LogP contribution in [-0.2, 0) is 4.79 Å². The quantitative estimate of drug-likeness (QED) is 0.786. The molecule has 2 aromatic carbocycles. The lowest BCUT2D eigenvalue weighted by Gasteiger charge is -2.17. The molecule has 0 aliphatic rings. The molecular weight excluding hydrogens is 393 g/mol. The Morgan fingerprint density at radius 3 is 2.55 bits per heavy atom. The van der Waals surface area contributed by atoms with Gasteiger partial charge in [-0.15, -0.1) is 0 Å². The molecule has 104 valence electrons. The lowest BCUT2D eigenvalue weighted by molar-refractivity contribution is -0.138. The second kappa shape index (κ2) is 6.37. The third-order valence-corrected chi connectivity index (χ3v) is 3.84. The molecule has 0 heterocycles. The van der Waals surface area contributed by atoms with Crippen LogP contribution in [-0.4, -0.2) is 11.1 Å². The maximum Gasteiger partial charge on any atom is 0.330 e. The zero-order chi connectivity index (χ0) is 14.7. The molecular formula is C14H10Br2FNO2. The fourth-order valence-corrected chi connectivity index (χ4v) is 2.73. The largest absolute Gasteiger partial charge is 0.479 e. The summed E-state index contributed by atoms with van der Waals surface area (Å²) >= 11 is 6.51. The number of carboxylic acid groups (broad SMARTS) is 1. The molecule has 2 rings (SSSR count). The van der Waals surface area contributed by atoms with Crippen LogP contribution >= 0.6 is 31.9 Å². The molecule has 1 atom stereocenters. The van der Waals surface area contributed by atoms with Crippen LogP contribution in [0.1, 0.15) is 11.6 Å². The van der Waals surface area contributed by atoms with Gasteiger partial charge in [0.15, 0.2) is 6.04 Å². The minimum Gasteiger partial charge on any atom is -0.479 e. The first-order valence-corrected chi connectivity index (χ1v) is 7.26. The van der Waals surface area contributed by atoms with Gasteiger partial charge >= 0.3 is 5.97 Å². The van der Waals surface area contributed by atoms with Crippen molar-refractivity contribution in [2.24, 2.45) is 0 Å². The van der Waals surface area contributed by atoms with Crippen LogP contribution in [0.4, 0.5) is 10.1 Å². The van der Waals surface area contributed by atoms with E-state index in [0.717, 1.165) is 4.47 Å². The normalized spacial score (nSPS) is 11.9. The first-order valence-electron chi connectivity index (χ1n) is 5.67. The van der Waals surface area contributed by atoms with Crippen molar-refractivity contribution in [1.82, 2.24) is 0 Å². The summed E-state index contributed by atoms with van der Waals surface area (Å²) in [4.78, 5) is 11.4. The van der Waals surface area contributed by atoms with Crippen LogP contribution in [0.25, 0.3) is 0 Å². The topological polar surface area (TPSA) is 49.3 Å². The number of halogens is 3. The molecule has 2 aromatic rings. The van der Waals surface area contributed by atoms with Gasteiger partial charge in [0.05, 0.1) is 0 Å². The van der Waals surface area contributed by atoms with E-state index in [1.165, 1.54) is 18.2 Å². The summed E-state index contributed by atoms with van der Waals surface area (Å²) in [5, 5.41) is 12.3. The summed E-state index contributed by atoms with van der Waals surface area (Å²) < 4.78 is 14.3. The summed E-state index contributed by atoms with van der Waals surface area (Å²) in [6, 6.07) is 10.1. The van der Waals surface area contributed by atoms with Crippen molar-refractivity contribution in [3.8, 4) is 0 Å². The van der Waals surface area contributed by atoms with Crippen LogP contribution in [0.5, 0.6) is 0 Å². The minimum absolute atomic E-state index is 0.410. The number of anilines is 1. The lowest BCUT2D eigenvalue weighted by atomic mass is 10.1. The Balaban J connectivity index is 2.34. The smallest absolute Gasteiger partial charge is 0.330 e. The molecule has 6 heteroatoms. The van der Waals surface area contributed by atoms with E-state index < -0.39 is 17.8 Å². The molecule has 0 aliphatic heterocycles. The van der Waals surface area contributed by atoms with Crippen LogP contribution < -0.4 is 5.32 Å². The van der Waals surface area contributed by atoms with Crippen LogP contribution in [0.3, 0.4) is 0 Å².